The van der Waals surface area contributed by atoms with E-state index in [2.05, 4.69) is 26.3 Å². The second kappa shape index (κ2) is 12.1. The van der Waals surface area contributed by atoms with Crippen molar-refractivity contribution in [2.24, 2.45) is 4.99 Å². The first-order valence-electron chi connectivity index (χ1n) is 10.4. The highest BCUT2D eigenvalue weighted by Gasteiger charge is 2.24. The van der Waals surface area contributed by atoms with Crippen LogP contribution in [0.25, 0.3) is 0 Å². The van der Waals surface area contributed by atoms with Crippen molar-refractivity contribution in [1.82, 2.24) is 21.3 Å². The number of phenolic OH excluding ortho intramolecular Hbond substituents is 1. The normalized spacial score (nSPS) is 16.0. The Bertz CT molecular complexity index is 1140. The lowest BCUT2D eigenvalue weighted by Crippen LogP contribution is -2.45. The Balaban J connectivity index is 1.59. The van der Waals surface area contributed by atoms with Crippen LogP contribution in [-0.2, 0) is 16.1 Å². The van der Waals surface area contributed by atoms with Gasteiger partial charge in [0.15, 0.2) is 5.96 Å². The lowest BCUT2D eigenvalue weighted by molar-refractivity contribution is -0.137. The number of hydrogen-bond donors (Lipinski definition) is 7. The number of aliphatic hydroxyl groups excluding tert-OH is 1. The highest BCUT2D eigenvalue weighted by atomic mass is 35.5. The SMILES string of the molecule is O=C(O)C[C@H](NC(=O)CNC(=O)c1sccc1CNC1=NCC(O)CN1)c1cc(Cl)cc(Cl)c1O. The number of amides is 2. The highest BCUT2D eigenvalue weighted by molar-refractivity contribution is 7.12. The molecule has 35 heavy (non-hydrogen) atoms. The van der Waals surface area contributed by atoms with Gasteiger partial charge in [0, 0.05) is 23.7 Å². The number of nitrogens with one attached hydrogen (secondary N) is 4. The molecular formula is C21H23Cl2N5O6S. The van der Waals surface area contributed by atoms with Gasteiger partial charge < -0.3 is 36.6 Å². The van der Waals surface area contributed by atoms with E-state index in [0.29, 0.717) is 29.5 Å². The molecule has 188 valence electrons. The molecule has 0 aliphatic carbocycles. The summed E-state index contributed by atoms with van der Waals surface area (Å²) >= 11 is 13.1. The molecule has 2 heterocycles. The van der Waals surface area contributed by atoms with Crippen LogP contribution in [0.4, 0.5) is 0 Å². The number of aliphatic hydroxyl groups is 1. The van der Waals surface area contributed by atoms with Crippen LogP contribution in [0.1, 0.15) is 33.3 Å². The van der Waals surface area contributed by atoms with E-state index in [4.69, 9.17) is 23.2 Å². The molecule has 2 amide bonds. The zero-order chi connectivity index (χ0) is 25.5. The number of carbonyl (C=O) groups is 3. The monoisotopic (exact) mass is 543 g/mol. The van der Waals surface area contributed by atoms with Gasteiger partial charge in [0.1, 0.15) is 5.75 Å². The van der Waals surface area contributed by atoms with E-state index in [1.807, 2.05) is 0 Å². The average Bonchev–Trinajstić information content (AvgIpc) is 3.27. The molecule has 0 spiro atoms. The molecule has 14 heteroatoms. The third-order valence-corrected chi connectivity index (χ3v) is 6.38. The first-order valence-corrected chi connectivity index (χ1v) is 12.0. The van der Waals surface area contributed by atoms with Crippen molar-refractivity contribution < 1.29 is 29.7 Å². The summed E-state index contributed by atoms with van der Waals surface area (Å²) in [5, 5.41) is 41.7. The molecule has 0 saturated heterocycles. The van der Waals surface area contributed by atoms with Crippen molar-refractivity contribution in [2.45, 2.75) is 25.1 Å². The van der Waals surface area contributed by atoms with Gasteiger partial charge in [-0.15, -0.1) is 11.3 Å². The van der Waals surface area contributed by atoms with Crippen molar-refractivity contribution in [3.8, 4) is 5.75 Å². The summed E-state index contributed by atoms with van der Waals surface area (Å²) in [7, 11) is 0. The standard InChI is InChI=1S/C21H23Cl2N5O6S/c22-11-3-13(18(33)14(23)4-11)15(5-17(31)32)28-16(30)9-24-20(34)19-10(1-2-35-19)6-25-21-26-7-12(29)8-27-21/h1-4,12,15,29,33H,5-9H2,(H,24,34)(H,28,30)(H,31,32)(H2,25,26,27)/t15-/m0/s1. The van der Waals surface area contributed by atoms with Gasteiger partial charge in [-0.3, -0.25) is 19.4 Å². The van der Waals surface area contributed by atoms with E-state index in [0.717, 1.165) is 0 Å². The molecule has 1 unspecified atom stereocenters. The van der Waals surface area contributed by atoms with Crippen LogP contribution >= 0.6 is 34.5 Å². The molecule has 0 bridgehead atoms. The number of benzene rings is 1. The highest BCUT2D eigenvalue weighted by Crippen LogP contribution is 2.36. The van der Waals surface area contributed by atoms with Crippen LogP contribution in [-0.4, -0.2) is 64.8 Å². The van der Waals surface area contributed by atoms with Gasteiger partial charge in [-0.1, -0.05) is 23.2 Å². The van der Waals surface area contributed by atoms with E-state index in [1.54, 1.807) is 11.4 Å². The number of carbonyl (C=O) groups excluding carboxylic acids is 2. The zero-order valence-electron chi connectivity index (χ0n) is 18.2. The Labute approximate surface area is 214 Å². The summed E-state index contributed by atoms with van der Waals surface area (Å²) < 4.78 is 0. The number of rotatable bonds is 9. The summed E-state index contributed by atoms with van der Waals surface area (Å²) in [4.78, 5) is 41.0. The zero-order valence-corrected chi connectivity index (χ0v) is 20.5. The Hall–Kier alpha value is -3.06. The quantitative estimate of drug-likeness (QED) is 0.247. The maximum atomic E-state index is 12.6. The number of phenols is 1. The number of β-amino-alcohol motifs (C(OH)–C–C–N with tert-alkyl or cyclic N) is 1. The first-order chi connectivity index (χ1) is 16.6. The molecule has 7 N–H and O–H groups in total. The predicted octanol–water partition coefficient (Wildman–Crippen LogP) is 1.23. The maximum absolute atomic E-state index is 12.6. The number of thiophene rings is 1. The van der Waals surface area contributed by atoms with E-state index in [9.17, 15) is 29.7 Å². The van der Waals surface area contributed by atoms with E-state index in [-0.39, 0.29) is 22.2 Å². The van der Waals surface area contributed by atoms with Crippen LogP contribution in [0, 0.1) is 0 Å². The van der Waals surface area contributed by atoms with Gasteiger partial charge >= 0.3 is 5.97 Å². The Morgan fingerprint density at radius 2 is 2.06 bits per heavy atom. The topological polar surface area (TPSA) is 172 Å². The molecule has 1 aliphatic heterocycles. The number of aliphatic imine (C=N–C) groups is 1. The average molecular weight is 544 g/mol. The molecule has 0 fully saturated rings. The summed E-state index contributed by atoms with van der Waals surface area (Å²) in [5.41, 5.74) is 0.730. The van der Waals surface area contributed by atoms with Crippen LogP contribution in [0.5, 0.6) is 5.75 Å². The number of guanidine groups is 1. The molecule has 2 atom stereocenters. The summed E-state index contributed by atoms with van der Waals surface area (Å²) in [5.74, 6) is -2.26. The van der Waals surface area contributed by atoms with Gasteiger partial charge in [0.2, 0.25) is 5.91 Å². The predicted molar refractivity (Wildman–Crippen MR) is 131 cm³/mol. The number of halogens is 2. The van der Waals surface area contributed by atoms with E-state index >= 15 is 0 Å². The number of aromatic hydroxyl groups is 1. The van der Waals surface area contributed by atoms with Gasteiger partial charge in [0.25, 0.3) is 5.91 Å². The van der Waals surface area contributed by atoms with Crippen molar-refractivity contribution in [3.05, 3.63) is 49.6 Å². The number of aliphatic carboxylic acids is 1. The van der Waals surface area contributed by atoms with Gasteiger partial charge in [-0.25, -0.2) is 0 Å². The van der Waals surface area contributed by atoms with Crippen molar-refractivity contribution in [3.63, 3.8) is 0 Å². The van der Waals surface area contributed by atoms with Crippen LogP contribution in [0.3, 0.4) is 0 Å². The third kappa shape index (κ3) is 7.46. The van der Waals surface area contributed by atoms with Crippen LogP contribution < -0.4 is 21.3 Å². The molecule has 0 saturated carbocycles. The molecule has 2 aromatic rings. The fraction of sp³-hybridized carbons (Fsp3) is 0.333. The second-order valence-corrected chi connectivity index (χ2v) is 9.34. The molecule has 3 rings (SSSR count). The largest absolute Gasteiger partial charge is 0.506 e. The van der Waals surface area contributed by atoms with Gasteiger partial charge in [-0.2, -0.15) is 0 Å². The molecule has 1 aromatic heterocycles. The smallest absolute Gasteiger partial charge is 0.305 e. The van der Waals surface area contributed by atoms with Crippen molar-refractivity contribution >= 4 is 58.3 Å². The Kier molecular flexibility index (Phi) is 9.15. The lowest BCUT2D eigenvalue weighted by Gasteiger charge is -2.20. The first kappa shape index (κ1) is 26.5. The number of carboxylic acids is 1. The Morgan fingerprint density at radius 1 is 1.29 bits per heavy atom. The summed E-state index contributed by atoms with van der Waals surface area (Å²) in [6, 6.07) is 3.23. The van der Waals surface area contributed by atoms with E-state index in [1.165, 1.54) is 23.5 Å². The Morgan fingerprint density at radius 3 is 2.74 bits per heavy atom. The van der Waals surface area contributed by atoms with Gasteiger partial charge in [-0.05, 0) is 29.1 Å². The molecule has 0 radical (unpaired) electrons. The fourth-order valence-electron chi connectivity index (χ4n) is 3.25. The lowest BCUT2D eigenvalue weighted by atomic mass is 10.0. The van der Waals surface area contributed by atoms with Crippen molar-refractivity contribution in [1.29, 1.82) is 0 Å². The van der Waals surface area contributed by atoms with E-state index < -0.39 is 48.6 Å². The minimum Gasteiger partial charge on any atom is -0.506 e. The fourth-order valence-corrected chi connectivity index (χ4v) is 4.60. The van der Waals surface area contributed by atoms with Crippen molar-refractivity contribution in [2.75, 3.05) is 19.6 Å². The number of hydrogen-bond acceptors (Lipinski definition) is 9. The number of nitrogens with zero attached hydrogens (tertiary/aromatic N) is 1. The molecular weight excluding hydrogens is 521 g/mol. The minimum atomic E-state index is -1.22. The minimum absolute atomic E-state index is 0.0444. The second-order valence-electron chi connectivity index (χ2n) is 7.58. The maximum Gasteiger partial charge on any atom is 0.305 e. The van der Waals surface area contributed by atoms with Gasteiger partial charge in [0.05, 0.1) is 41.6 Å². The molecule has 11 nitrogen and oxygen atoms in total. The van der Waals surface area contributed by atoms with Crippen LogP contribution in [0.2, 0.25) is 10.0 Å². The molecule has 1 aromatic carbocycles. The number of carboxylic acid groups (broad SMARTS) is 1. The van der Waals surface area contributed by atoms with Crippen LogP contribution in [0.15, 0.2) is 28.6 Å². The third-order valence-electron chi connectivity index (χ3n) is 4.92. The molecule has 1 aliphatic rings. The summed E-state index contributed by atoms with van der Waals surface area (Å²) in [6.07, 6.45) is -1.08. The summed E-state index contributed by atoms with van der Waals surface area (Å²) in [6.45, 7) is 0.528.